The number of hydrogen-bond acceptors (Lipinski definition) is 2. The van der Waals surface area contributed by atoms with Crippen LogP contribution in [0.2, 0.25) is 0 Å². The Morgan fingerprint density at radius 1 is 1.44 bits per heavy atom. The Morgan fingerprint density at radius 3 is 2.67 bits per heavy atom. The molecule has 0 bridgehead atoms. The molecule has 1 saturated heterocycles. The van der Waals surface area contributed by atoms with Crippen LogP contribution in [0.25, 0.3) is 0 Å². The topological polar surface area (TPSA) is 38.0 Å². The number of nitrogens with one attached hydrogen (secondary N) is 1. The van der Waals surface area contributed by atoms with E-state index in [0.29, 0.717) is 6.04 Å². The Kier molecular flexibility index (Phi) is 1.24. The van der Waals surface area contributed by atoms with E-state index in [1.54, 1.807) is 0 Å². The van der Waals surface area contributed by atoms with Crippen molar-refractivity contribution in [1.29, 1.82) is 0 Å². The van der Waals surface area contributed by atoms with E-state index in [4.69, 9.17) is 5.73 Å². The molecule has 52 valence electrons. The summed E-state index contributed by atoms with van der Waals surface area (Å²) in [5, 5.41) is 3.47. The lowest BCUT2D eigenvalue weighted by atomic mass is 10.1. The Balaban J connectivity index is 1.85. The van der Waals surface area contributed by atoms with Gasteiger partial charge in [-0.1, -0.05) is 0 Å². The molecule has 2 heteroatoms. The summed E-state index contributed by atoms with van der Waals surface area (Å²) in [4.78, 5) is 0. The fraction of sp³-hybridized carbons (Fsp3) is 1.00. The lowest BCUT2D eigenvalue weighted by molar-refractivity contribution is 0.527. The number of hydrogen-bond donors (Lipinski definition) is 2. The molecule has 2 nitrogen and oxygen atoms in total. The summed E-state index contributed by atoms with van der Waals surface area (Å²) in [6.45, 7) is 1.22. The molecular weight excluding hydrogens is 112 g/mol. The molecule has 9 heavy (non-hydrogen) atoms. The summed E-state index contributed by atoms with van der Waals surface area (Å²) in [5.74, 6) is 0.826. The summed E-state index contributed by atoms with van der Waals surface area (Å²) in [7, 11) is 0. The van der Waals surface area contributed by atoms with Crippen LogP contribution in [0.15, 0.2) is 0 Å². The van der Waals surface area contributed by atoms with Gasteiger partial charge in [-0.2, -0.15) is 0 Å². The molecule has 3 atom stereocenters. The van der Waals surface area contributed by atoms with Crippen LogP contribution in [0.5, 0.6) is 0 Å². The number of rotatable bonds is 1. The molecule has 0 radical (unpaired) electrons. The molecule has 0 aromatic rings. The average molecular weight is 126 g/mol. The summed E-state index contributed by atoms with van der Waals surface area (Å²) in [6.07, 6.45) is 3.98. The fourth-order valence-corrected chi connectivity index (χ4v) is 1.78. The van der Waals surface area contributed by atoms with Crippen molar-refractivity contribution in [3.05, 3.63) is 0 Å². The summed E-state index contributed by atoms with van der Waals surface area (Å²) in [5.41, 5.74) is 5.71. The van der Waals surface area contributed by atoms with Gasteiger partial charge >= 0.3 is 0 Å². The maximum Gasteiger partial charge on any atom is 0.0111 e. The van der Waals surface area contributed by atoms with Gasteiger partial charge in [-0.05, 0) is 31.7 Å². The Hall–Kier alpha value is -0.0800. The standard InChI is InChI=1S/C7H14N2/c8-6-4-5(6)7-2-1-3-9-7/h5-7,9H,1-4,8H2. The molecule has 1 aliphatic carbocycles. The van der Waals surface area contributed by atoms with Crippen molar-refractivity contribution in [3.8, 4) is 0 Å². The van der Waals surface area contributed by atoms with Gasteiger partial charge in [0, 0.05) is 12.1 Å². The van der Waals surface area contributed by atoms with Crippen LogP contribution in [0.1, 0.15) is 19.3 Å². The molecule has 2 fully saturated rings. The highest BCUT2D eigenvalue weighted by Gasteiger charge is 2.40. The predicted molar refractivity (Wildman–Crippen MR) is 37.1 cm³/mol. The maximum absolute atomic E-state index is 5.71. The normalized spacial score (nSPS) is 49.7. The van der Waals surface area contributed by atoms with Crippen LogP contribution in [0, 0.1) is 5.92 Å². The van der Waals surface area contributed by atoms with Crippen LogP contribution in [-0.4, -0.2) is 18.6 Å². The van der Waals surface area contributed by atoms with Crippen LogP contribution < -0.4 is 11.1 Å². The second-order valence-electron chi connectivity index (χ2n) is 3.27. The zero-order chi connectivity index (χ0) is 6.27. The Morgan fingerprint density at radius 2 is 2.22 bits per heavy atom. The highest BCUT2D eigenvalue weighted by Crippen LogP contribution is 2.34. The molecule has 3 N–H and O–H groups in total. The first-order chi connectivity index (χ1) is 4.38. The van der Waals surface area contributed by atoms with Gasteiger partial charge in [-0.25, -0.2) is 0 Å². The van der Waals surface area contributed by atoms with E-state index < -0.39 is 0 Å². The van der Waals surface area contributed by atoms with Crippen LogP contribution >= 0.6 is 0 Å². The van der Waals surface area contributed by atoms with Crippen molar-refractivity contribution in [2.45, 2.75) is 31.3 Å². The minimum Gasteiger partial charge on any atom is -0.327 e. The molecule has 3 unspecified atom stereocenters. The van der Waals surface area contributed by atoms with Gasteiger partial charge in [0.1, 0.15) is 0 Å². The Bertz CT molecular complexity index is 107. The van der Waals surface area contributed by atoms with Gasteiger partial charge in [0.05, 0.1) is 0 Å². The second kappa shape index (κ2) is 1.96. The quantitative estimate of drug-likeness (QED) is 0.522. The molecule has 0 aromatic heterocycles. The minimum absolute atomic E-state index is 0.528. The molecule has 0 aromatic carbocycles. The highest BCUT2D eigenvalue weighted by molar-refractivity contribution is 4.99. The average Bonchev–Trinajstić information content (AvgIpc) is 2.44. The molecule has 0 spiro atoms. The van der Waals surface area contributed by atoms with Crippen molar-refractivity contribution >= 4 is 0 Å². The van der Waals surface area contributed by atoms with E-state index in [1.165, 1.54) is 25.8 Å². The first-order valence-electron chi connectivity index (χ1n) is 3.87. The second-order valence-corrected chi connectivity index (χ2v) is 3.27. The van der Waals surface area contributed by atoms with E-state index >= 15 is 0 Å². The third-order valence-electron chi connectivity index (χ3n) is 2.51. The molecular formula is C7H14N2. The van der Waals surface area contributed by atoms with Gasteiger partial charge in [-0.15, -0.1) is 0 Å². The molecule has 1 heterocycles. The molecule has 0 amide bonds. The van der Waals surface area contributed by atoms with Gasteiger partial charge in [0.15, 0.2) is 0 Å². The van der Waals surface area contributed by atoms with Crippen molar-refractivity contribution in [2.24, 2.45) is 11.7 Å². The van der Waals surface area contributed by atoms with Crippen molar-refractivity contribution in [1.82, 2.24) is 5.32 Å². The maximum atomic E-state index is 5.71. The Labute approximate surface area is 55.8 Å². The SMILES string of the molecule is NC1CC1C1CCCN1. The van der Waals surface area contributed by atoms with Gasteiger partial charge in [0.25, 0.3) is 0 Å². The third-order valence-corrected chi connectivity index (χ3v) is 2.51. The zero-order valence-corrected chi connectivity index (χ0v) is 5.64. The van der Waals surface area contributed by atoms with E-state index in [9.17, 15) is 0 Å². The van der Waals surface area contributed by atoms with Gasteiger partial charge in [0.2, 0.25) is 0 Å². The van der Waals surface area contributed by atoms with Crippen molar-refractivity contribution in [2.75, 3.05) is 6.54 Å². The monoisotopic (exact) mass is 126 g/mol. The van der Waals surface area contributed by atoms with E-state index in [2.05, 4.69) is 5.32 Å². The van der Waals surface area contributed by atoms with Crippen LogP contribution in [0.4, 0.5) is 0 Å². The fourth-order valence-electron chi connectivity index (χ4n) is 1.78. The first-order valence-corrected chi connectivity index (χ1v) is 3.87. The first kappa shape index (κ1) is 5.69. The third kappa shape index (κ3) is 0.970. The van der Waals surface area contributed by atoms with E-state index in [0.717, 1.165) is 12.0 Å². The van der Waals surface area contributed by atoms with Crippen molar-refractivity contribution in [3.63, 3.8) is 0 Å². The summed E-state index contributed by atoms with van der Waals surface area (Å²) >= 11 is 0. The lowest BCUT2D eigenvalue weighted by Crippen LogP contribution is -2.26. The predicted octanol–water partition coefficient (Wildman–Crippen LogP) is 0.0856. The highest BCUT2D eigenvalue weighted by atomic mass is 15.0. The van der Waals surface area contributed by atoms with Crippen molar-refractivity contribution < 1.29 is 0 Å². The van der Waals surface area contributed by atoms with E-state index in [-0.39, 0.29) is 0 Å². The van der Waals surface area contributed by atoms with Gasteiger partial charge < -0.3 is 11.1 Å². The largest absolute Gasteiger partial charge is 0.327 e. The summed E-state index contributed by atoms with van der Waals surface area (Å²) in [6, 6.07) is 1.31. The molecule has 2 rings (SSSR count). The molecule has 1 aliphatic heterocycles. The minimum atomic E-state index is 0.528. The van der Waals surface area contributed by atoms with Gasteiger partial charge in [-0.3, -0.25) is 0 Å². The van der Waals surface area contributed by atoms with Crippen LogP contribution in [-0.2, 0) is 0 Å². The molecule has 1 saturated carbocycles. The number of nitrogens with two attached hydrogens (primary N) is 1. The molecule has 2 aliphatic rings. The van der Waals surface area contributed by atoms with E-state index in [1.807, 2.05) is 0 Å². The van der Waals surface area contributed by atoms with Crippen LogP contribution in [0.3, 0.4) is 0 Å². The smallest absolute Gasteiger partial charge is 0.0111 e. The summed E-state index contributed by atoms with van der Waals surface area (Å²) < 4.78 is 0. The zero-order valence-electron chi connectivity index (χ0n) is 5.64. The lowest BCUT2D eigenvalue weighted by Gasteiger charge is -2.06.